The molecule has 2 atom stereocenters. The summed E-state index contributed by atoms with van der Waals surface area (Å²) >= 11 is 0. The maximum atomic E-state index is 12.6. The van der Waals surface area contributed by atoms with Crippen LogP contribution in [0, 0.1) is 0 Å². The summed E-state index contributed by atoms with van der Waals surface area (Å²) in [4.78, 5) is 14.8. The molecule has 0 bridgehead atoms. The molecule has 1 amide bonds. The van der Waals surface area contributed by atoms with Gasteiger partial charge in [0, 0.05) is 6.04 Å². The van der Waals surface area contributed by atoms with Gasteiger partial charge in [-0.2, -0.15) is 0 Å². The molecule has 2 heterocycles. The third-order valence-electron chi connectivity index (χ3n) is 5.24. The van der Waals surface area contributed by atoms with Gasteiger partial charge in [-0.25, -0.2) is 0 Å². The third-order valence-corrected chi connectivity index (χ3v) is 5.24. The van der Waals surface area contributed by atoms with E-state index in [1.807, 2.05) is 19.1 Å². The number of fused-ring (bicyclic) bond motifs is 1. The van der Waals surface area contributed by atoms with Crippen LogP contribution in [0.3, 0.4) is 0 Å². The molecule has 1 aliphatic heterocycles. The lowest BCUT2D eigenvalue weighted by Gasteiger charge is -2.26. The number of nitrogens with zero attached hydrogens (tertiary/aromatic N) is 1. The van der Waals surface area contributed by atoms with Crippen LogP contribution >= 0.6 is 0 Å². The molecule has 0 saturated carbocycles. The second-order valence-electron chi connectivity index (χ2n) is 7.00. The summed E-state index contributed by atoms with van der Waals surface area (Å²) < 4.78 is 5.38. The minimum absolute atomic E-state index is 0.0426. The highest BCUT2D eigenvalue weighted by atomic mass is 16.3. The molecule has 4 rings (SSSR count). The zero-order valence-corrected chi connectivity index (χ0v) is 15.0. The second-order valence-corrected chi connectivity index (χ2v) is 7.00. The van der Waals surface area contributed by atoms with Gasteiger partial charge in [-0.1, -0.05) is 42.5 Å². The number of furan rings is 1. The van der Waals surface area contributed by atoms with Crippen molar-refractivity contribution in [2.24, 2.45) is 0 Å². The first-order chi connectivity index (χ1) is 12.7. The number of hydrogen-bond donors (Lipinski definition) is 1. The molecule has 4 heteroatoms. The van der Waals surface area contributed by atoms with Gasteiger partial charge in [-0.15, -0.1) is 0 Å². The van der Waals surface area contributed by atoms with Crippen molar-refractivity contribution in [3.05, 3.63) is 72.2 Å². The molecule has 0 aliphatic carbocycles. The van der Waals surface area contributed by atoms with Crippen molar-refractivity contribution < 1.29 is 9.21 Å². The van der Waals surface area contributed by atoms with Crippen LogP contribution in [0.25, 0.3) is 10.8 Å². The van der Waals surface area contributed by atoms with E-state index >= 15 is 0 Å². The van der Waals surface area contributed by atoms with E-state index in [0.29, 0.717) is 12.6 Å². The van der Waals surface area contributed by atoms with Crippen molar-refractivity contribution in [2.45, 2.75) is 31.8 Å². The molecule has 2 aromatic carbocycles. The van der Waals surface area contributed by atoms with Crippen LogP contribution in [0.15, 0.2) is 65.3 Å². The van der Waals surface area contributed by atoms with Crippen LogP contribution < -0.4 is 5.32 Å². The fourth-order valence-corrected chi connectivity index (χ4v) is 3.99. The van der Waals surface area contributed by atoms with Gasteiger partial charge in [0.1, 0.15) is 5.76 Å². The highest BCUT2D eigenvalue weighted by molar-refractivity contribution is 5.86. The van der Waals surface area contributed by atoms with Gasteiger partial charge in [-0.05, 0) is 54.8 Å². The van der Waals surface area contributed by atoms with Crippen molar-refractivity contribution in [3.8, 4) is 0 Å². The monoisotopic (exact) mass is 348 g/mol. The molecule has 1 N–H and O–H groups in total. The van der Waals surface area contributed by atoms with E-state index in [1.54, 1.807) is 6.26 Å². The lowest BCUT2D eigenvalue weighted by atomic mass is 9.97. The number of nitrogens with one attached hydrogen (secondary N) is 1. The minimum atomic E-state index is -0.115. The highest BCUT2D eigenvalue weighted by Gasteiger charge is 2.29. The summed E-state index contributed by atoms with van der Waals surface area (Å²) in [5.41, 5.74) is 1.33. The summed E-state index contributed by atoms with van der Waals surface area (Å²) in [6.07, 6.45) is 3.85. The Morgan fingerprint density at radius 1 is 1.19 bits per heavy atom. The van der Waals surface area contributed by atoms with Gasteiger partial charge in [0.15, 0.2) is 0 Å². The quantitative estimate of drug-likeness (QED) is 0.741. The molecule has 1 saturated heterocycles. The van der Waals surface area contributed by atoms with E-state index < -0.39 is 0 Å². The molecule has 0 spiro atoms. The highest BCUT2D eigenvalue weighted by Crippen LogP contribution is 2.35. The van der Waals surface area contributed by atoms with Gasteiger partial charge in [0.25, 0.3) is 0 Å². The van der Waals surface area contributed by atoms with Crippen molar-refractivity contribution >= 4 is 16.7 Å². The largest absolute Gasteiger partial charge is 0.467 e. The Morgan fingerprint density at radius 2 is 2.04 bits per heavy atom. The molecule has 3 aromatic rings. The number of benzene rings is 2. The fraction of sp³-hybridized carbons (Fsp3) is 0.318. The third kappa shape index (κ3) is 3.37. The molecule has 26 heavy (non-hydrogen) atoms. The number of likely N-dealkylation sites (tertiary alicyclic amines) is 1. The number of carbonyl (C=O) groups is 1. The van der Waals surface area contributed by atoms with Gasteiger partial charge in [0.2, 0.25) is 5.91 Å². The standard InChI is InChI=1S/C22H24N2O2/c1-16(21-12-6-14-26-21)23-22(25)15-24-13-5-11-20(24)19-10-4-8-17-7-2-3-9-18(17)19/h2-4,6-10,12,14,16,20H,5,11,13,15H2,1H3,(H,23,25). The average molecular weight is 348 g/mol. The Balaban J connectivity index is 1.49. The maximum absolute atomic E-state index is 12.6. The Bertz CT molecular complexity index is 883. The van der Waals surface area contributed by atoms with Crippen molar-refractivity contribution in [2.75, 3.05) is 13.1 Å². The van der Waals surface area contributed by atoms with Gasteiger partial charge < -0.3 is 9.73 Å². The molecule has 0 radical (unpaired) electrons. The van der Waals surface area contributed by atoms with E-state index in [4.69, 9.17) is 4.42 Å². The van der Waals surface area contributed by atoms with Gasteiger partial charge in [-0.3, -0.25) is 9.69 Å². The molecule has 1 aliphatic rings. The number of hydrogen-bond acceptors (Lipinski definition) is 3. The zero-order valence-electron chi connectivity index (χ0n) is 15.0. The smallest absolute Gasteiger partial charge is 0.234 e. The number of amides is 1. The lowest BCUT2D eigenvalue weighted by Crippen LogP contribution is -2.38. The first kappa shape index (κ1) is 16.9. The van der Waals surface area contributed by atoms with Gasteiger partial charge in [0.05, 0.1) is 18.8 Å². The normalized spacial score (nSPS) is 18.9. The lowest BCUT2D eigenvalue weighted by molar-refractivity contribution is -0.123. The van der Waals surface area contributed by atoms with Crippen LogP contribution in [0.4, 0.5) is 0 Å². The van der Waals surface area contributed by atoms with Crippen LogP contribution in [0.1, 0.15) is 43.2 Å². The van der Waals surface area contributed by atoms with Crippen LogP contribution in [0.5, 0.6) is 0 Å². The van der Waals surface area contributed by atoms with E-state index in [9.17, 15) is 4.79 Å². The number of carbonyl (C=O) groups excluding carboxylic acids is 1. The maximum Gasteiger partial charge on any atom is 0.234 e. The molecular weight excluding hydrogens is 324 g/mol. The van der Waals surface area contributed by atoms with Crippen LogP contribution in [0.2, 0.25) is 0 Å². The molecule has 4 nitrogen and oxygen atoms in total. The van der Waals surface area contributed by atoms with E-state index in [2.05, 4.69) is 52.7 Å². The summed E-state index contributed by atoms with van der Waals surface area (Å²) in [5, 5.41) is 5.59. The molecule has 1 fully saturated rings. The van der Waals surface area contributed by atoms with E-state index in [1.165, 1.54) is 16.3 Å². The second kappa shape index (κ2) is 7.34. The first-order valence-corrected chi connectivity index (χ1v) is 9.27. The Morgan fingerprint density at radius 3 is 2.88 bits per heavy atom. The minimum Gasteiger partial charge on any atom is -0.467 e. The summed E-state index contributed by atoms with van der Waals surface area (Å²) in [6, 6.07) is 18.9. The summed E-state index contributed by atoms with van der Waals surface area (Å²) in [5.74, 6) is 0.825. The SMILES string of the molecule is CC(NC(=O)CN1CCCC1c1cccc2ccccc12)c1ccco1. The Kier molecular flexibility index (Phi) is 4.76. The molecular formula is C22H24N2O2. The number of rotatable bonds is 5. The summed E-state index contributed by atoms with van der Waals surface area (Å²) in [6.45, 7) is 3.32. The average Bonchev–Trinajstić information content (AvgIpc) is 3.33. The zero-order chi connectivity index (χ0) is 17.9. The van der Waals surface area contributed by atoms with E-state index in [-0.39, 0.29) is 11.9 Å². The predicted octanol–water partition coefficient (Wildman–Crippen LogP) is 4.45. The van der Waals surface area contributed by atoms with Crippen molar-refractivity contribution in [1.82, 2.24) is 10.2 Å². The Hall–Kier alpha value is -2.59. The fourth-order valence-electron chi connectivity index (χ4n) is 3.99. The van der Waals surface area contributed by atoms with E-state index in [0.717, 1.165) is 25.1 Å². The first-order valence-electron chi connectivity index (χ1n) is 9.27. The van der Waals surface area contributed by atoms with Gasteiger partial charge >= 0.3 is 0 Å². The van der Waals surface area contributed by atoms with Crippen LogP contribution in [-0.4, -0.2) is 23.9 Å². The van der Waals surface area contributed by atoms with Crippen molar-refractivity contribution in [3.63, 3.8) is 0 Å². The van der Waals surface area contributed by atoms with Crippen LogP contribution in [-0.2, 0) is 4.79 Å². The topological polar surface area (TPSA) is 45.5 Å². The molecule has 2 unspecified atom stereocenters. The predicted molar refractivity (Wildman–Crippen MR) is 103 cm³/mol. The Labute approximate surface area is 153 Å². The molecule has 1 aromatic heterocycles. The summed E-state index contributed by atoms with van der Waals surface area (Å²) in [7, 11) is 0. The molecule has 134 valence electrons. The van der Waals surface area contributed by atoms with Crippen molar-refractivity contribution in [1.29, 1.82) is 0 Å².